The van der Waals surface area contributed by atoms with Crippen LogP contribution in [0.1, 0.15) is 35.6 Å². The molecular formula is C32H37ClN4O4. The zero-order valence-electron chi connectivity index (χ0n) is 23.4. The lowest BCUT2D eigenvalue weighted by Gasteiger charge is -2.37. The lowest BCUT2D eigenvalue weighted by atomic mass is 10.0. The van der Waals surface area contributed by atoms with E-state index in [4.69, 9.17) is 16.3 Å². The van der Waals surface area contributed by atoms with Crippen molar-refractivity contribution < 1.29 is 19.4 Å². The Morgan fingerprint density at radius 1 is 0.902 bits per heavy atom. The van der Waals surface area contributed by atoms with Crippen molar-refractivity contribution in [1.29, 1.82) is 0 Å². The number of benzene rings is 3. The SMILES string of the molecule is COc1ccc(CC(=O)Nc2ccc(N3CCN(C(=O)C(O)c4ccc(CN5CCCC5)cc4Cl)CC3)cc2)cc1. The van der Waals surface area contributed by atoms with Gasteiger partial charge in [-0.25, -0.2) is 0 Å². The van der Waals surface area contributed by atoms with Crippen molar-refractivity contribution in [2.75, 3.05) is 56.6 Å². The summed E-state index contributed by atoms with van der Waals surface area (Å²) in [6.45, 7) is 5.32. The Bertz CT molecular complexity index is 1330. The summed E-state index contributed by atoms with van der Waals surface area (Å²) in [5.74, 6) is 0.345. The lowest BCUT2D eigenvalue weighted by molar-refractivity contribution is -0.140. The molecule has 3 aromatic carbocycles. The molecule has 5 rings (SSSR count). The summed E-state index contributed by atoms with van der Waals surface area (Å²) in [5.41, 5.74) is 4.20. The van der Waals surface area contributed by atoms with Crippen LogP contribution in [-0.2, 0) is 22.6 Å². The minimum Gasteiger partial charge on any atom is -0.497 e. The number of aliphatic hydroxyl groups is 1. The van der Waals surface area contributed by atoms with E-state index in [1.807, 2.05) is 60.7 Å². The number of amides is 2. The van der Waals surface area contributed by atoms with Crippen molar-refractivity contribution in [1.82, 2.24) is 9.80 Å². The predicted octanol–water partition coefficient (Wildman–Crippen LogP) is 4.51. The number of ether oxygens (including phenoxy) is 1. The molecule has 2 saturated heterocycles. The number of likely N-dealkylation sites (tertiary alicyclic amines) is 1. The van der Waals surface area contributed by atoms with Crippen molar-refractivity contribution in [2.24, 2.45) is 0 Å². The molecule has 216 valence electrons. The minimum atomic E-state index is -1.28. The van der Waals surface area contributed by atoms with Crippen molar-refractivity contribution in [2.45, 2.75) is 31.9 Å². The highest BCUT2D eigenvalue weighted by atomic mass is 35.5. The van der Waals surface area contributed by atoms with Gasteiger partial charge in [0.15, 0.2) is 6.10 Å². The average Bonchev–Trinajstić information content (AvgIpc) is 3.50. The van der Waals surface area contributed by atoms with Crippen LogP contribution in [0.2, 0.25) is 5.02 Å². The van der Waals surface area contributed by atoms with E-state index in [1.165, 1.54) is 12.8 Å². The molecule has 41 heavy (non-hydrogen) atoms. The molecule has 0 spiro atoms. The molecule has 0 saturated carbocycles. The summed E-state index contributed by atoms with van der Waals surface area (Å²) in [7, 11) is 1.61. The topological polar surface area (TPSA) is 85.3 Å². The Balaban J connectivity index is 1.10. The van der Waals surface area contributed by atoms with Crippen LogP contribution >= 0.6 is 11.6 Å². The van der Waals surface area contributed by atoms with Gasteiger partial charge < -0.3 is 25.0 Å². The zero-order chi connectivity index (χ0) is 28.8. The number of methoxy groups -OCH3 is 1. The number of carbonyl (C=O) groups is 2. The van der Waals surface area contributed by atoms with E-state index >= 15 is 0 Å². The molecule has 3 aromatic rings. The highest BCUT2D eigenvalue weighted by molar-refractivity contribution is 6.31. The first-order valence-electron chi connectivity index (χ1n) is 14.1. The van der Waals surface area contributed by atoms with Gasteiger partial charge in [0.05, 0.1) is 13.5 Å². The van der Waals surface area contributed by atoms with Gasteiger partial charge in [0.1, 0.15) is 5.75 Å². The van der Waals surface area contributed by atoms with Crippen molar-refractivity contribution >= 4 is 34.8 Å². The molecule has 2 aliphatic rings. The van der Waals surface area contributed by atoms with Crippen LogP contribution in [-0.4, -0.2) is 73.1 Å². The number of halogens is 1. The van der Waals surface area contributed by atoms with E-state index in [-0.39, 0.29) is 18.2 Å². The Labute approximate surface area is 246 Å². The van der Waals surface area contributed by atoms with Gasteiger partial charge in [-0.15, -0.1) is 0 Å². The summed E-state index contributed by atoms with van der Waals surface area (Å²) < 4.78 is 5.16. The summed E-state index contributed by atoms with van der Waals surface area (Å²) in [6.07, 6.45) is 1.45. The Kier molecular flexibility index (Phi) is 9.44. The third-order valence-corrected chi connectivity index (χ3v) is 8.16. The molecule has 0 bridgehead atoms. The van der Waals surface area contributed by atoms with Gasteiger partial charge in [-0.3, -0.25) is 14.5 Å². The summed E-state index contributed by atoms with van der Waals surface area (Å²) in [6, 6.07) is 20.8. The van der Waals surface area contributed by atoms with E-state index in [2.05, 4.69) is 15.1 Å². The molecule has 0 radical (unpaired) electrons. The van der Waals surface area contributed by atoms with Gasteiger partial charge in [0.2, 0.25) is 5.91 Å². The fourth-order valence-corrected chi connectivity index (χ4v) is 5.78. The number of hydrogen-bond acceptors (Lipinski definition) is 6. The average molecular weight is 577 g/mol. The molecule has 2 amide bonds. The first-order valence-corrected chi connectivity index (χ1v) is 14.5. The normalized spacial score (nSPS) is 16.5. The number of rotatable bonds is 9. The van der Waals surface area contributed by atoms with Crippen LogP contribution in [0.3, 0.4) is 0 Å². The van der Waals surface area contributed by atoms with Crippen LogP contribution < -0.4 is 15.0 Å². The lowest BCUT2D eigenvalue weighted by Crippen LogP contribution is -2.50. The molecular weight excluding hydrogens is 540 g/mol. The van der Waals surface area contributed by atoms with E-state index in [0.29, 0.717) is 36.8 Å². The van der Waals surface area contributed by atoms with Gasteiger partial charge in [0.25, 0.3) is 5.91 Å². The summed E-state index contributed by atoms with van der Waals surface area (Å²) in [5, 5.41) is 14.2. The number of piperazine rings is 1. The molecule has 9 heteroatoms. The van der Waals surface area contributed by atoms with Crippen LogP contribution in [0.15, 0.2) is 66.7 Å². The first kappa shape index (κ1) is 28.9. The number of aliphatic hydroxyl groups excluding tert-OH is 1. The van der Waals surface area contributed by atoms with Crippen LogP contribution in [0.25, 0.3) is 0 Å². The number of anilines is 2. The van der Waals surface area contributed by atoms with Crippen LogP contribution in [0, 0.1) is 0 Å². The maximum Gasteiger partial charge on any atom is 0.256 e. The van der Waals surface area contributed by atoms with E-state index < -0.39 is 6.10 Å². The molecule has 0 aromatic heterocycles. The van der Waals surface area contributed by atoms with Gasteiger partial charge in [-0.2, -0.15) is 0 Å². The second kappa shape index (κ2) is 13.4. The van der Waals surface area contributed by atoms with Crippen molar-refractivity contribution in [3.63, 3.8) is 0 Å². The van der Waals surface area contributed by atoms with Crippen molar-refractivity contribution in [3.05, 3.63) is 88.4 Å². The van der Waals surface area contributed by atoms with Crippen LogP contribution in [0.5, 0.6) is 5.75 Å². The smallest absolute Gasteiger partial charge is 0.256 e. The largest absolute Gasteiger partial charge is 0.497 e. The van der Waals surface area contributed by atoms with Crippen molar-refractivity contribution in [3.8, 4) is 5.75 Å². The Hall–Kier alpha value is -3.59. The molecule has 2 aliphatic heterocycles. The predicted molar refractivity (Wildman–Crippen MR) is 161 cm³/mol. The molecule has 2 N–H and O–H groups in total. The van der Waals surface area contributed by atoms with E-state index in [0.717, 1.165) is 47.9 Å². The zero-order valence-corrected chi connectivity index (χ0v) is 24.1. The molecule has 1 unspecified atom stereocenters. The fraction of sp³-hybridized carbons (Fsp3) is 0.375. The molecule has 2 fully saturated rings. The molecule has 8 nitrogen and oxygen atoms in total. The molecule has 0 aliphatic carbocycles. The molecule has 2 heterocycles. The second-order valence-electron chi connectivity index (χ2n) is 10.7. The standard InChI is InChI=1S/C32H37ClN4O4/c1-41-27-11-4-23(5-12-27)21-30(38)34-25-7-9-26(10-8-25)36-16-18-37(19-17-36)32(40)31(39)28-13-6-24(20-29(28)33)22-35-14-2-3-15-35/h4-13,20,31,39H,2-3,14-19,21-22H2,1H3,(H,34,38). The number of carbonyl (C=O) groups excluding carboxylic acids is 2. The first-order chi connectivity index (χ1) is 19.9. The highest BCUT2D eigenvalue weighted by Gasteiger charge is 2.29. The quantitative estimate of drug-likeness (QED) is 0.390. The number of nitrogens with one attached hydrogen (secondary N) is 1. The third kappa shape index (κ3) is 7.38. The third-order valence-electron chi connectivity index (χ3n) is 7.83. The number of nitrogens with zero attached hydrogens (tertiary/aromatic N) is 3. The Morgan fingerprint density at radius 2 is 1.56 bits per heavy atom. The van der Waals surface area contributed by atoms with Gasteiger partial charge in [0, 0.05) is 54.7 Å². The molecule has 1 atom stereocenters. The number of hydrogen-bond donors (Lipinski definition) is 2. The van der Waals surface area contributed by atoms with E-state index in [1.54, 1.807) is 18.1 Å². The van der Waals surface area contributed by atoms with Gasteiger partial charge >= 0.3 is 0 Å². The van der Waals surface area contributed by atoms with Gasteiger partial charge in [-0.05, 0) is 79.5 Å². The monoisotopic (exact) mass is 576 g/mol. The second-order valence-corrected chi connectivity index (χ2v) is 11.1. The van der Waals surface area contributed by atoms with Gasteiger partial charge in [-0.1, -0.05) is 35.9 Å². The maximum atomic E-state index is 13.1. The summed E-state index contributed by atoms with van der Waals surface area (Å²) in [4.78, 5) is 31.9. The Morgan fingerprint density at radius 3 is 2.20 bits per heavy atom. The highest BCUT2D eigenvalue weighted by Crippen LogP contribution is 2.28. The summed E-state index contributed by atoms with van der Waals surface area (Å²) >= 11 is 6.50. The van der Waals surface area contributed by atoms with E-state index in [9.17, 15) is 14.7 Å². The minimum absolute atomic E-state index is 0.0880. The maximum absolute atomic E-state index is 13.1. The van der Waals surface area contributed by atoms with Crippen LogP contribution in [0.4, 0.5) is 11.4 Å². The fourth-order valence-electron chi connectivity index (χ4n) is 5.47.